The Balaban J connectivity index is 1.72. The third kappa shape index (κ3) is 4.15. The summed E-state index contributed by atoms with van der Waals surface area (Å²) in [5.74, 6) is 0. The number of hydrogen-bond acceptors (Lipinski definition) is 2. The van der Waals surface area contributed by atoms with Gasteiger partial charge in [0.05, 0.1) is 18.6 Å². The summed E-state index contributed by atoms with van der Waals surface area (Å²) in [6, 6.07) is 9.27. The second kappa shape index (κ2) is 7.67. The van der Waals surface area contributed by atoms with Crippen LogP contribution >= 0.6 is 0 Å². The van der Waals surface area contributed by atoms with Crippen molar-refractivity contribution in [1.29, 1.82) is 0 Å². The van der Waals surface area contributed by atoms with Gasteiger partial charge in [-0.3, -0.25) is 0 Å². The van der Waals surface area contributed by atoms with Gasteiger partial charge in [-0.2, -0.15) is 0 Å². The Kier molecular flexibility index (Phi) is 5.15. The predicted molar refractivity (Wildman–Crippen MR) is 99.9 cm³/mol. The monoisotopic (exact) mass is 317 g/mol. The van der Waals surface area contributed by atoms with Gasteiger partial charge in [0.2, 0.25) is 0 Å². The summed E-state index contributed by atoms with van der Waals surface area (Å²) in [7, 11) is 0. The van der Waals surface area contributed by atoms with Gasteiger partial charge in [-0.1, -0.05) is 30.4 Å². The zero-order valence-electron chi connectivity index (χ0n) is 14.2. The zero-order chi connectivity index (χ0) is 16.8. The van der Waals surface area contributed by atoms with E-state index in [0.717, 1.165) is 18.7 Å². The molecule has 0 aliphatic heterocycles. The molecule has 1 aliphatic carbocycles. The Bertz CT molecular complexity index is 771. The fraction of sp³-hybridized carbons (Fsp3) is 0.238. The predicted octanol–water partition coefficient (Wildman–Crippen LogP) is 4.57. The fourth-order valence-corrected chi connectivity index (χ4v) is 2.78. The molecule has 0 atom stereocenters. The highest BCUT2D eigenvalue weighted by molar-refractivity contribution is 5.49. The molecule has 0 radical (unpaired) electrons. The molecule has 0 spiro atoms. The number of H-pyrrole nitrogens is 1. The first-order valence-electron chi connectivity index (χ1n) is 8.33. The number of anilines is 1. The minimum Gasteiger partial charge on any atom is -0.363 e. The van der Waals surface area contributed by atoms with Crippen LogP contribution in [0.3, 0.4) is 0 Å². The maximum Gasteiger partial charge on any atom is 0.0922 e. The van der Waals surface area contributed by atoms with Crippen LogP contribution < -0.4 is 4.90 Å². The summed E-state index contributed by atoms with van der Waals surface area (Å²) in [4.78, 5) is 9.66. The van der Waals surface area contributed by atoms with E-state index >= 15 is 0 Å². The third-order valence-corrected chi connectivity index (χ3v) is 4.09. The first-order chi connectivity index (χ1) is 11.7. The average molecular weight is 317 g/mol. The molecule has 3 heteroatoms. The maximum atomic E-state index is 4.11. The Hall–Kier alpha value is -2.77. The highest BCUT2D eigenvalue weighted by Gasteiger charge is 2.12. The highest BCUT2D eigenvalue weighted by atomic mass is 15.2. The van der Waals surface area contributed by atoms with Crippen LogP contribution in [0.2, 0.25) is 0 Å². The number of rotatable bonds is 6. The van der Waals surface area contributed by atoms with Gasteiger partial charge < -0.3 is 9.88 Å². The lowest BCUT2D eigenvalue weighted by Crippen LogP contribution is -2.30. The Morgan fingerprint density at radius 3 is 2.71 bits per heavy atom. The van der Waals surface area contributed by atoms with Crippen LogP contribution in [-0.2, 0) is 13.0 Å². The van der Waals surface area contributed by atoms with Crippen molar-refractivity contribution in [1.82, 2.24) is 9.97 Å². The van der Waals surface area contributed by atoms with Crippen LogP contribution in [0.15, 0.2) is 78.5 Å². The molecule has 3 nitrogen and oxygen atoms in total. The van der Waals surface area contributed by atoms with Crippen LogP contribution in [0.5, 0.6) is 0 Å². The number of hydrogen-bond donors (Lipinski definition) is 1. The van der Waals surface area contributed by atoms with E-state index in [-0.39, 0.29) is 0 Å². The van der Waals surface area contributed by atoms with Gasteiger partial charge in [0, 0.05) is 17.9 Å². The quantitative estimate of drug-likeness (QED) is 0.791. The largest absolute Gasteiger partial charge is 0.363 e. The number of benzene rings is 1. The number of allylic oxidation sites excluding steroid dienone is 5. The first-order valence-corrected chi connectivity index (χ1v) is 8.33. The summed E-state index contributed by atoms with van der Waals surface area (Å²) < 4.78 is 0. The topological polar surface area (TPSA) is 31.9 Å². The van der Waals surface area contributed by atoms with Crippen molar-refractivity contribution in [3.8, 4) is 0 Å². The fourth-order valence-electron chi connectivity index (χ4n) is 2.78. The van der Waals surface area contributed by atoms with Crippen LogP contribution in [-0.4, -0.2) is 16.0 Å². The first kappa shape index (κ1) is 16.1. The SMILES string of the molecule is CC(C)N(Cc1cnc[nH]1)c1ccc(CC2=CC=C=CC=C2)cc1. The summed E-state index contributed by atoms with van der Waals surface area (Å²) in [5.41, 5.74) is 8.06. The Morgan fingerprint density at radius 2 is 2.00 bits per heavy atom. The van der Waals surface area contributed by atoms with E-state index in [4.69, 9.17) is 0 Å². The molecule has 0 amide bonds. The van der Waals surface area contributed by atoms with Crippen molar-refractivity contribution in [3.05, 3.63) is 89.7 Å². The molecule has 1 aromatic carbocycles. The summed E-state index contributed by atoms with van der Waals surface area (Å²) in [6.07, 6.45) is 14.7. The molecule has 24 heavy (non-hydrogen) atoms. The van der Waals surface area contributed by atoms with Crippen molar-refractivity contribution in [2.75, 3.05) is 4.90 Å². The van der Waals surface area contributed by atoms with Gasteiger partial charge in [0.25, 0.3) is 0 Å². The molecule has 0 unspecified atom stereocenters. The normalized spacial score (nSPS) is 13.2. The number of nitrogens with zero attached hydrogens (tertiary/aromatic N) is 2. The van der Waals surface area contributed by atoms with Gasteiger partial charge in [-0.05, 0) is 55.7 Å². The van der Waals surface area contributed by atoms with Crippen LogP contribution in [0.25, 0.3) is 0 Å². The van der Waals surface area contributed by atoms with E-state index in [1.165, 1.54) is 16.8 Å². The summed E-state index contributed by atoms with van der Waals surface area (Å²) in [6.45, 7) is 5.26. The molecule has 1 N–H and O–H groups in total. The number of aromatic nitrogens is 2. The van der Waals surface area contributed by atoms with Crippen molar-refractivity contribution >= 4 is 5.69 Å². The number of imidazole rings is 1. The molecule has 0 fully saturated rings. The van der Waals surface area contributed by atoms with Gasteiger partial charge in [0.15, 0.2) is 0 Å². The van der Waals surface area contributed by atoms with Gasteiger partial charge >= 0.3 is 0 Å². The lowest BCUT2D eigenvalue weighted by molar-refractivity contribution is 0.675. The third-order valence-electron chi connectivity index (χ3n) is 4.09. The molecule has 0 bridgehead atoms. The van der Waals surface area contributed by atoms with E-state index in [0.29, 0.717) is 6.04 Å². The van der Waals surface area contributed by atoms with Crippen molar-refractivity contribution in [2.24, 2.45) is 0 Å². The van der Waals surface area contributed by atoms with Crippen molar-refractivity contribution in [2.45, 2.75) is 32.9 Å². The van der Waals surface area contributed by atoms with Crippen molar-refractivity contribution in [3.63, 3.8) is 0 Å². The number of aromatic amines is 1. The minimum atomic E-state index is 0.419. The van der Waals surface area contributed by atoms with E-state index in [1.54, 1.807) is 6.33 Å². The van der Waals surface area contributed by atoms with Crippen molar-refractivity contribution < 1.29 is 0 Å². The Labute approximate surface area is 143 Å². The average Bonchev–Trinajstić information content (AvgIpc) is 2.97. The van der Waals surface area contributed by atoms with E-state index in [2.05, 4.69) is 70.9 Å². The minimum absolute atomic E-state index is 0.419. The molecule has 122 valence electrons. The molecule has 2 aromatic rings. The molecule has 0 saturated carbocycles. The lowest BCUT2D eigenvalue weighted by atomic mass is 10.0. The second-order valence-corrected chi connectivity index (χ2v) is 6.24. The lowest BCUT2D eigenvalue weighted by Gasteiger charge is -2.28. The summed E-state index contributed by atoms with van der Waals surface area (Å²) in [5, 5.41) is 0. The van der Waals surface area contributed by atoms with Crippen LogP contribution in [0.4, 0.5) is 5.69 Å². The Morgan fingerprint density at radius 1 is 1.17 bits per heavy atom. The van der Waals surface area contributed by atoms with E-state index in [1.807, 2.05) is 24.4 Å². The molecule has 3 rings (SSSR count). The highest BCUT2D eigenvalue weighted by Crippen LogP contribution is 2.21. The van der Waals surface area contributed by atoms with Crippen LogP contribution in [0.1, 0.15) is 25.1 Å². The smallest absolute Gasteiger partial charge is 0.0922 e. The molecular weight excluding hydrogens is 294 g/mol. The molecule has 1 heterocycles. The molecule has 0 saturated heterocycles. The van der Waals surface area contributed by atoms with Gasteiger partial charge in [-0.15, -0.1) is 5.73 Å². The zero-order valence-corrected chi connectivity index (χ0v) is 14.2. The van der Waals surface area contributed by atoms with E-state index < -0.39 is 0 Å². The van der Waals surface area contributed by atoms with E-state index in [9.17, 15) is 0 Å². The second-order valence-electron chi connectivity index (χ2n) is 6.24. The number of nitrogens with one attached hydrogen (secondary N) is 1. The maximum absolute atomic E-state index is 4.11. The molecule has 1 aliphatic rings. The van der Waals surface area contributed by atoms with Gasteiger partial charge in [-0.25, -0.2) is 4.98 Å². The standard InChI is InChI=1S/C21H23N3/c1-17(2)24(15-20-14-22-16-23-20)21-11-9-19(10-12-21)13-18-7-5-3-4-6-8-18/h3,5-12,14,16-17H,13,15H2,1-2H3,(H,22,23). The summed E-state index contributed by atoms with van der Waals surface area (Å²) >= 11 is 0. The molecular formula is C21H23N3. The van der Waals surface area contributed by atoms with Crippen LogP contribution in [0, 0.1) is 0 Å². The van der Waals surface area contributed by atoms with Gasteiger partial charge in [0.1, 0.15) is 0 Å². The molecule has 1 aromatic heterocycles.